The van der Waals surface area contributed by atoms with Crippen molar-refractivity contribution in [3.63, 3.8) is 0 Å². The van der Waals surface area contributed by atoms with E-state index in [0.29, 0.717) is 0 Å². The second kappa shape index (κ2) is 6.67. The third kappa shape index (κ3) is 3.90. The van der Waals surface area contributed by atoms with Crippen molar-refractivity contribution in [2.45, 2.75) is 38.4 Å². The Bertz CT molecular complexity index is 475. The molecule has 2 aliphatic carbocycles. The Morgan fingerprint density at radius 1 is 1.29 bits per heavy atom. The first-order valence-corrected chi connectivity index (χ1v) is 7.71. The number of fused-ring (bicyclic) bond motifs is 2. The van der Waals surface area contributed by atoms with Crippen molar-refractivity contribution in [1.29, 1.82) is 0 Å². The van der Waals surface area contributed by atoms with Gasteiger partial charge in [0, 0.05) is 5.57 Å². The van der Waals surface area contributed by atoms with E-state index >= 15 is 0 Å². The quantitative estimate of drug-likeness (QED) is 0.442. The molecule has 0 aromatic carbocycles. The van der Waals surface area contributed by atoms with Crippen molar-refractivity contribution in [1.82, 2.24) is 0 Å². The van der Waals surface area contributed by atoms with Crippen molar-refractivity contribution in [3.05, 3.63) is 12.2 Å². The number of ether oxygens (including phenoxy) is 2. The van der Waals surface area contributed by atoms with Crippen LogP contribution >= 0.6 is 0 Å². The topological polar surface area (TPSA) is 99.1 Å². The molecular formula is C13H18O7S. The molecule has 0 aliphatic heterocycles. The van der Waals surface area contributed by atoms with Crippen molar-refractivity contribution in [3.8, 4) is 0 Å². The summed E-state index contributed by atoms with van der Waals surface area (Å²) in [6, 6.07) is 0. The van der Waals surface area contributed by atoms with E-state index in [1.165, 1.54) is 6.92 Å². The zero-order valence-corrected chi connectivity index (χ0v) is 12.5. The fourth-order valence-corrected chi connectivity index (χ4v) is 3.47. The number of hydrogen-bond donors (Lipinski definition) is 1. The maximum absolute atomic E-state index is 11.7. The molecule has 0 aromatic heterocycles. The number of carbonyl (C=O) groups excluding carboxylic acids is 2. The van der Waals surface area contributed by atoms with Crippen LogP contribution in [0.4, 0.5) is 0 Å². The lowest BCUT2D eigenvalue weighted by Gasteiger charge is -2.28. The summed E-state index contributed by atoms with van der Waals surface area (Å²) in [5.74, 6) is -1.10. The summed E-state index contributed by atoms with van der Waals surface area (Å²) in [5.41, 5.74) is 0.194. The Morgan fingerprint density at radius 2 is 1.90 bits per heavy atom. The highest BCUT2D eigenvalue weighted by Gasteiger charge is 2.51. The minimum Gasteiger partial charge on any atom is -0.457 e. The predicted octanol–water partition coefficient (Wildman–Crippen LogP) is 0.969. The molecule has 0 heterocycles. The summed E-state index contributed by atoms with van der Waals surface area (Å²) in [5, 5.41) is 0. The highest BCUT2D eigenvalue weighted by Crippen LogP contribution is 2.47. The maximum atomic E-state index is 11.7. The molecule has 8 heteroatoms. The fourth-order valence-electron chi connectivity index (χ4n) is 3.01. The zero-order valence-electron chi connectivity index (χ0n) is 11.6. The molecular weight excluding hydrogens is 300 g/mol. The molecule has 1 N–H and O–H groups in total. The number of carbonyl (C=O) groups is 2. The molecule has 5 atom stereocenters. The summed E-state index contributed by atoms with van der Waals surface area (Å²) in [7, 11) is 0. The van der Waals surface area contributed by atoms with E-state index in [2.05, 4.69) is 6.58 Å². The number of hydrogen-bond acceptors (Lipinski definition) is 6. The lowest BCUT2D eigenvalue weighted by molar-refractivity contribution is -0.166. The van der Waals surface area contributed by atoms with Crippen molar-refractivity contribution < 1.29 is 32.0 Å². The summed E-state index contributed by atoms with van der Waals surface area (Å²) >= 11 is -2.40. The van der Waals surface area contributed by atoms with Gasteiger partial charge in [0.05, 0.1) is 0 Å². The average molecular weight is 318 g/mol. The molecule has 0 radical (unpaired) electrons. The van der Waals surface area contributed by atoms with Crippen LogP contribution in [0.15, 0.2) is 12.2 Å². The first-order valence-electron chi connectivity index (χ1n) is 6.68. The van der Waals surface area contributed by atoms with Gasteiger partial charge in [-0.25, -0.2) is 9.59 Å². The first kappa shape index (κ1) is 16.1. The van der Waals surface area contributed by atoms with E-state index in [0.717, 1.165) is 19.3 Å². The number of esters is 2. The third-order valence-corrected chi connectivity index (χ3v) is 4.28. The summed E-state index contributed by atoms with van der Waals surface area (Å²) in [6.07, 6.45) is 1.47. The largest absolute Gasteiger partial charge is 0.457 e. The van der Waals surface area contributed by atoms with Crippen LogP contribution in [0.3, 0.4) is 0 Å². The second-order valence-electron chi connectivity index (χ2n) is 5.42. The fraction of sp³-hybridized carbons (Fsp3) is 0.692. The Hall–Kier alpha value is -1.25. The zero-order chi connectivity index (χ0) is 15.6. The van der Waals surface area contributed by atoms with Crippen LogP contribution in [0.5, 0.6) is 0 Å². The van der Waals surface area contributed by atoms with Crippen LogP contribution in [0, 0.1) is 11.8 Å². The van der Waals surface area contributed by atoms with E-state index in [1.807, 2.05) is 0 Å². The van der Waals surface area contributed by atoms with Gasteiger partial charge in [-0.2, -0.15) is 4.21 Å². The van der Waals surface area contributed by atoms with Gasteiger partial charge in [-0.1, -0.05) is 6.58 Å². The normalized spacial score (nSPS) is 31.7. The minimum absolute atomic E-state index is 0.127. The summed E-state index contributed by atoms with van der Waals surface area (Å²) in [6.45, 7) is 4.37. The van der Waals surface area contributed by atoms with Gasteiger partial charge in [0.2, 0.25) is 0 Å². The molecule has 0 aromatic rings. The Balaban J connectivity index is 1.88. The first-order chi connectivity index (χ1) is 9.88. The van der Waals surface area contributed by atoms with Crippen LogP contribution in [0.2, 0.25) is 0 Å². The molecule has 2 rings (SSSR count). The lowest BCUT2D eigenvalue weighted by atomic mass is 9.95. The minimum atomic E-state index is -2.40. The predicted molar refractivity (Wildman–Crippen MR) is 72.1 cm³/mol. The van der Waals surface area contributed by atoms with Gasteiger partial charge < -0.3 is 9.47 Å². The van der Waals surface area contributed by atoms with E-state index < -0.39 is 42.1 Å². The highest BCUT2D eigenvalue weighted by molar-refractivity contribution is 7.74. The van der Waals surface area contributed by atoms with Crippen molar-refractivity contribution in [2.24, 2.45) is 11.8 Å². The van der Waals surface area contributed by atoms with Gasteiger partial charge in [-0.05, 0) is 38.0 Å². The summed E-state index contributed by atoms with van der Waals surface area (Å²) < 4.78 is 34.6. The van der Waals surface area contributed by atoms with E-state index in [4.69, 9.17) is 18.2 Å². The van der Waals surface area contributed by atoms with Gasteiger partial charge >= 0.3 is 23.3 Å². The second-order valence-corrected chi connectivity index (χ2v) is 6.05. The van der Waals surface area contributed by atoms with Crippen LogP contribution in [0.25, 0.3) is 0 Å². The van der Waals surface area contributed by atoms with Crippen LogP contribution in [-0.2, 0) is 34.6 Å². The monoisotopic (exact) mass is 318 g/mol. The van der Waals surface area contributed by atoms with Gasteiger partial charge in [0.1, 0.15) is 12.2 Å². The molecule has 2 aliphatic rings. The maximum Gasteiger partial charge on any atom is 0.344 e. The third-order valence-electron chi connectivity index (χ3n) is 3.90. The van der Waals surface area contributed by atoms with Crippen molar-refractivity contribution >= 4 is 23.3 Å². The van der Waals surface area contributed by atoms with Crippen LogP contribution < -0.4 is 0 Å². The molecule has 21 heavy (non-hydrogen) atoms. The average Bonchev–Trinajstić information content (AvgIpc) is 2.98. The summed E-state index contributed by atoms with van der Waals surface area (Å²) in [4.78, 5) is 22.9. The van der Waals surface area contributed by atoms with E-state index in [1.54, 1.807) is 0 Å². The number of rotatable bonds is 6. The van der Waals surface area contributed by atoms with Crippen LogP contribution in [0.1, 0.15) is 26.2 Å². The van der Waals surface area contributed by atoms with Crippen LogP contribution in [-0.4, -0.2) is 39.5 Å². The molecule has 118 valence electrons. The molecule has 2 saturated carbocycles. The van der Waals surface area contributed by atoms with Crippen molar-refractivity contribution in [2.75, 3.05) is 6.61 Å². The van der Waals surface area contributed by atoms with Gasteiger partial charge in [0.25, 0.3) is 0 Å². The highest BCUT2D eigenvalue weighted by atomic mass is 32.2. The van der Waals surface area contributed by atoms with Gasteiger partial charge in [-0.15, -0.1) is 0 Å². The molecule has 0 amide bonds. The van der Waals surface area contributed by atoms with E-state index in [-0.39, 0.29) is 17.4 Å². The molecule has 0 saturated heterocycles. The lowest BCUT2D eigenvalue weighted by Crippen LogP contribution is -2.39. The Labute approximate surface area is 125 Å². The molecule has 2 bridgehead atoms. The molecule has 7 nitrogen and oxygen atoms in total. The Morgan fingerprint density at radius 3 is 2.48 bits per heavy atom. The smallest absolute Gasteiger partial charge is 0.344 e. The SMILES string of the molecule is C=C(C)C(=O)OCC(=O)OC1C2CC[C@H](C2)C1OS(=O)O. The molecule has 2 fully saturated rings. The van der Waals surface area contributed by atoms with Gasteiger partial charge in [0.15, 0.2) is 6.61 Å². The molecule has 4 unspecified atom stereocenters. The Kier molecular flexibility index (Phi) is 5.13. The standard InChI is InChI=1S/C13H18O7S/c1-7(2)13(15)18-6-10(14)19-11-8-3-4-9(5-8)12(11)20-21(16)17/h8-9,11-12H,1,3-6H2,2H3,(H,16,17)/t8?,9-,11?,12?/m1/s1. The van der Waals surface area contributed by atoms with E-state index in [9.17, 15) is 13.8 Å². The van der Waals surface area contributed by atoms with Gasteiger partial charge in [-0.3, -0.25) is 8.74 Å². The molecule has 0 spiro atoms.